The number of carbonyl (C=O) groups excluding carboxylic acids is 1. The van der Waals surface area contributed by atoms with Crippen molar-refractivity contribution < 1.29 is 19.0 Å². The van der Waals surface area contributed by atoms with Gasteiger partial charge >= 0.3 is 5.97 Å². The van der Waals surface area contributed by atoms with E-state index in [-0.39, 0.29) is 12.1 Å². The zero-order valence-electron chi connectivity index (χ0n) is 18.0. The Morgan fingerprint density at radius 2 is 2.03 bits per heavy atom. The summed E-state index contributed by atoms with van der Waals surface area (Å²) in [5.74, 6) is -0.336. The number of methoxy groups -OCH3 is 1. The lowest BCUT2D eigenvalue weighted by Gasteiger charge is -2.35. The topological polar surface area (TPSA) is 60.9 Å². The van der Waals surface area contributed by atoms with Gasteiger partial charge in [-0.2, -0.15) is 0 Å². The Labute approximate surface area is 196 Å². The first kappa shape index (κ1) is 22.7. The highest BCUT2D eigenvalue weighted by Crippen LogP contribution is 2.29. The maximum Gasteiger partial charge on any atom is 0.339 e. The van der Waals surface area contributed by atoms with Crippen LogP contribution in [0.5, 0.6) is 0 Å². The molecule has 8 heteroatoms. The average molecular weight is 473 g/mol. The molecule has 32 heavy (non-hydrogen) atoms. The molecule has 2 heterocycles. The van der Waals surface area contributed by atoms with Gasteiger partial charge < -0.3 is 19.1 Å². The van der Waals surface area contributed by atoms with Crippen LogP contribution in [0, 0.1) is 6.92 Å². The van der Waals surface area contributed by atoms with Gasteiger partial charge in [0.2, 0.25) is 0 Å². The van der Waals surface area contributed by atoms with Gasteiger partial charge in [-0.3, -0.25) is 0 Å². The first-order valence-corrected chi connectivity index (χ1v) is 11.6. The second kappa shape index (κ2) is 10.4. The van der Waals surface area contributed by atoms with Crippen LogP contribution in [0.4, 0.5) is 5.69 Å². The van der Waals surface area contributed by atoms with Crippen LogP contribution in [-0.4, -0.2) is 50.5 Å². The van der Waals surface area contributed by atoms with Gasteiger partial charge in [-0.25, -0.2) is 9.78 Å². The molecule has 0 radical (unpaired) electrons. The molecule has 1 atom stereocenters. The van der Waals surface area contributed by atoms with E-state index in [9.17, 15) is 4.79 Å². The lowest BCUT2D eigenvalue weighted by atomic mass is 10.1. The molecule has 6 nitrogen and oxygen atoms in total. The average Bonchev–Trinajstić information content (AvgIpc) is 3.19. The molecule has 0 saturated carbocycles. The highest BCUT2D eigenvalue weighted by atomic mass is 35.5. The van der Waals surface area contributed by atoms with Crippen molar-refractivity contribution >= 4 is 34.6 Å². The Balaban J connectivity index is 1.35. The van der Waals surface area contributed by atoms with Gasteiger partial charge in [0.25, 0.3) is 0 Å². The van der Waals surface area contributed by atoms with Crippen molar-refractivity contribution in [2.24, 2.45) is 0 Å². The number of morpholine rings is 1. The van der Waals surface area contributed by atoms with Gasteiger partial charge in [-0.15, -0.1) is 11.3 Å². The number of benzene rings is 2. The van der Waals surface area contributed by atoms with E-state index in [2.05, 4.69) is 9.88 Å². The highest BCUT2D eigenvalue weighted by Gasteiger charge is 2.24. The normalized spacial score (nSPS) is 16.2. The first-order valence-electron chi connectivity index (χ1n) is 10.4. The number of hydrogen-bond acceptors (Lipinski definition) is 7. The molecule has 0 aliphatic carbocycles. The van der Waals surface area contributed by atoms with Crippen LogP contribution in [0.15, 0.2) is 48.5 Å². The Hall–Kier alpha value is -2.45. The summed E-state index contributed by atoms with van der Waals surface area (Å²) < 4.78 is 16.8. The van der Waals surface area contributed by atoms with Crippen LogP contribution in [0.1, 0.15) is 20.9 Å². The second-order valence-corrected chi connectivity index (χ2v) is 9.02. The number of rotatable bonds is 7. The highest BCUT2D eigenvalue weighted by molar-refractivity contribution is 7.15. The number of anilines is 1. The zero-order valence-corrected chi connectivity index (χ0v) is 19.6. The number of aromatic nitrogens is 1. The van der Waals surface area contributed by atoms with Crippen molar-refractivity contribution in [3.8, 4) is 10.6 Å². The number of esters is 1. The van der Waals surface area contributed by atoms with Crippen LogP contribution in [0.3, 0.4) is 0 Å². The minimum absolute atomic E-state index is 0.0848. The minimum Gasteiger partial charge on any atom is -0.465 e. The van der Waals surface area contributed by atoms with E-state index >= 15 is 0 Å². The predicted octanol–water partition coefficient (Wildman–Crippen LogP) is 4.98. The minimum atomic E-state index is -0.336. The molecule has 0 N–H and O–H groups in total. The molecule has 1 fully saturated rings. The van der Waals surface area contributed by atoms with E-state index in [1.165, 1.54) is 7.11 Å². The van der Waals surface area contributed by atoms with Crippen LogP contribution in [-0.2, 0) is 20.8 Å². The summed E-state index contributed by atoms with van der Waals surface area (Å²) in [6, 6.07) is 15.2. The summed E-state index contributed by atoms with van der Waals surface area (Å²) in [6.45, 7) is 4.87. The third kappa shape index (κ3) is 5.30. The third-order valence-electron chi connectivity index (χ3n) is 5.31. The number of hydrogen-bond donors (Lipinski definition) is 0. The zero-order chi connectivity index (χ0) is 22.5. The van der Waals surface area contributed by atoms with Gasteiger partial charge in [0.1, 0.15) is 5.01 Å². The number of para-hydroxylation sites is 1. The van der Waals surface area contributed by atoms with Gasteiger partial charge in [-0.05, 0) is 31.2 Å². The van der Waals surface area contributed by atoms with E-state index < -0.39 is 0 Å². The largest absolute Gasteiger partial charge is 0.465 e. The molecule has 0 amide bonds. The molecule has 0 spiro atoms. The van der Waals surface area contributed by atoms with Crippen LogP contribution in [0.2, 0.25) is 5.02 Å². The molecule has 168 valence electrons. The molecule has 0 bridgehead atoms. The molecule has 1 aromatic heterocycles. The summed E-state index contributed by atoms with van der Waals surface area (Å²) in [6.07, 6.45) is -0.0848. The van der Waals surface area contributed by atoms with Crippen molar-refractivity contribution in [3.63, 3.8) is 0 Å². The van der Waals surface area contributed by atoms with Crippen molar-refractivity contribution in [2.45, 2.75) is 19.6 Å². The van der Waals surface area contributed by atoms with Crippen molar-refractivity contribution in [2.75, 3.05) is 38.3 Å². The SMILES string of the molecule is COC(=O)c1ccccc1N1CCOC(COCc2sc(-c3ccc(Cl)cc3)nc2C)C1. The first-order chi connectivity index (χ1) is 15.5. The molecule has 1 aliphatic rings. The molecular weight excluding hydrogens is 448 g/mol. The molecular formula is C24H25ClN2O4S. The van der Waals surface area contributed by atoms with Gasteiger partial charge in [0.05, 0.1) is 54.9 Å². The Morgan fingerprint density at radius 1 is 1.25 bits per heavy atom. The van der Waals surface area contributed by atoms with Crippen LogP contribution < -0.4 is 4.90 Å². The Bertz CT molecular complexity index is 1070. The van der Waals surface area contributed by atoms with E-state index in [4.69, 9.17) is 25.8 Å². The number of ether oxygens (including phenoxy) is 3. The molecule has 2 aromatic carbocycles. The monoisotopic (exact) mass is 472 g/mol. The van der Waals surface area contributed by atoms with E-state index in [0.717, 1.165) is 26.8 Å². The molecule has 1 aliphatic heterocycles. The fourth-order valence-corrected chi connectivity index (χ4v) is 4.76. The number of thiazole rings is 1. The molecule has 1 saturated heterocycles. The summed E-state index contributed by atoms with van der Waals surface area (Å²) in [5, 5.41) is 1.67. The van der Waals surface area contributed by atoms with Crippen molar-refractivity contribution in [1.82, 2.24) is 4.98 Å². The molecule has 1 unspecified atom stereocenters. The van der Waals surface area contributed by atoms with Crippen LogP contribution in [0.25, 0.3) is 10.6 Å². The number of aryl methyl sites for hydroxylation is 1. The summed E-state index contributed by atoms with van der Waals surface area (Å²) in [5.41, 5.74) is 3.44. The third-order valence-corrected chi connectivity index (χ3v) is 6.74. The number of halogens is 1. The van der Waals surface area contributed by atoms with E-state index in [1.54, 1.807) is 17.4 Å². The maximum absolute atomic E-state index is 12.1. The molecule has 3 aromatic rings. The fourth-order valence-electron chi connectivity index (χ4n) is 3.63. The number of carbonyl (C=O) groups is 1. The second-order valence-electron chi connectivity index (χ2n) is 7.50. The number of nitrogens with zero attached hydrogens (tertiary/aromatic N) is 2. The quantitative estimate of drug-likeness (QED) is 0.452. The van der Waals surface area contributed by atoms with Crippen LogP contribution >= 0.6 is 22.9 Å². The lowest BCUT2D eigenvalue weighted by Crippen LogP contribution is -2.45. The predicted molar refractivity (Wildman–Crippen MR) is 127 cm³/mol. The Kier molecular flexibility index (Phi) is 7.42. The fraction of sp³-hybridized carbons (Fsp3) is 0.333. The van der Waals surface area contributed by atoms with Gasteiger partial charge in [-0.1, -0.05) is 35.9 Å². The van der Waals surface area contributed by atoms with Crippen molar-refractivity contribution in [1.29, 1.82) is 0 Å². The van der Waals surface area contributed by atoms with Gasteiger partial charge in [0, 0.05) is 23.7 Å². The van der Waals surface area contributed by atoms with Crippen molar-refractivity contribution in [3.05, 3.63) is 69.7 Å². The summed E-state index contributed by atoms with van der Waals surface area (Å²) in [4.78, 5) is 20.0. The standard InChI is InChI=1S/C24H25ClN2O4S/c1-16-22(32-23(26-16)17-7-9-18(25)10-8-17)15-30-14-19-13-27(11-12-31-19)21-6-4-3-5-20(21)24(28)29-2/h3-10,19H,11-15H2,1-2H3. The van der Waals surface area contributed by atoms with Gasteiger partial charge in [0.15, 0.2) is 0 Å². The van der Waals surface area contributed by atoms with E-state index in [0.29, 0.717) is 43.5 Å². The molecule has 4 rings (SSSR count). The summed E-state index contributed by atoms with van der Waals surface area (Å²) >= 11 is 7.61. The lowest BCUT2D eigenvalue weighted by molar-refractivity contribution is -0.0279. The van der Waals surface area contributed by atoms with E-state index in [1.807, 2.05) is 49.4 Å². The summed E-state index contributed by atoms with van der Waals surface area (Å²) in [7, 11) is 1.40. The smallest absolute Gasteiger partial charge is 0.339 e. The Morgan fingerprint density at radius 3 is 2.81 bits per heavy atom. The maximum atomic E-state index is 12.1.